The summed E-state index contributed by atoms with van der Waals surface area (Å²) in [5.74, 6) is 0.852. The van der Waals surface area contributed by atoms with Crippen LogP contribution in [0.25, 0.3) is 6.58 Å². The van der Waals surface area contributed by atoms with E-state index in [1.165, 1.54) is 0 Å². The molecule has 2 rings (SSSR count). The van der Waals surface area contributed by atoms with Crippen LogP contribution in [0.2, 0.25) is 0 Å². The quantitative estimate of drug-likeness (QED) is 0.591. The number of aromatic amines is 1. The van der Waals surface area contributed by atoms with Crippen molar-refractivity contribution in [1.29, 1.82) is 0 Å². The fourth-order valence-electron chi connectivity index (χ4n) is 1.45. The van der Waals surface area contributed by atoms with Crippen LogP contribution in [-0.4, -0.2) is 15.0 Å². The molecule has 0 spiro atoms. The number of nitrogens with zero attached hydrogens (tertiary/aromatic N) is 3. The zero-order chi connectivity index (χ0) is 10.3. The summed E-state index contributed by atoms with van der Waals surface area (Å²) in [7, 11) is 0. The van der Waals surface area contributed by atoms with Gasteiger partial charge in [-0.3, -0.25) is 0 Å². The smallest absolute Gasteiger partial charge is 0.313 e. The molecule has 14 heavy (non-hydrogen) atoms. The average molecular weight is 189 g/mol. The van der Waals surface area contributed by atoms with E-state index in [0.717, 1.165) is 27.7 Å². The fourth-order valence-corrected chi connectivity index (χ4v) is 1.45. The number of hydrogen-bond acceptors (Lipinski definition) is 2. The highest BCUT2D eigenvalue weighted by atomic mass is 15.0. The van der Waals surface area contributed by atoms with Gasteiger partial charge < -0.3 is 4.98 Å². The third-order valence-electron chi connectivity index (χ3n) is 2.12. The molecule has 0 saturated heterocycles. The number of H-pyrrole nitrogens is 1. The van der Waals surface area contributed by atoms with Gasteiger partial charge in [0.2, 0.25) is 11.7 Å². The average Bonchev–Trinajstić information content (AvgIpc) is 2.47. The maximum Gasteiger partial charge on any atom is 0.313 e. The highest BCUT2D eigenvalue weighted by Gasteiger charge is 2.07. The molecule has 4 nitrogen and oxygen atoms in total. The van der Waals surface area contributed by atoms with Crippen LogP contribution < -0.4 is 9.59 Å². The van der Waals surface area contributed by atoms with Gasteiger partial charge in [0.05, 0.1) is 11.1 Å². The van der Waals surface area contributed by atoms with E-state index in [9.17, 15) is 0 Å². The molecule has 1 N–H and O–H groups in total. The topological polar surface area (TPSA) is 47.5 Å². The summed E-state index contributed by atoms with van der Waals surface area (Å²) in [6.07, 6.45) is 1.77. The molecule has 72 valence electrons. The van der Waals surface area contributed by atoms with Gasteiger partial charge >= 0.3 is 5.48 Å². The Morgan fingerprint density at radius 1 is 1.50 bits per heavy atom. The van der Waals surface area contributed by atoms with Crippen LogP contribution >= 0.6 is 0 Å². The molecule has 0 aliphatic carbocycles. The van der Waals surface area contributed by atoms with Gasteiger partial charge in [-0.25, -0.2) is 4.24 Å². The normalized spacial score (nSPS) is 10.8. The molecular weight excluding hydrogens is 176 g/mol. The highest BCUT2D eigenvalue weighted by molar-refractivity contribution is 4.99. The number of aryl methyl sites for hydroxylation is 1. The Hall–Kier alpha value is -1.71. The lowest BCUT2D eigenvalue weighted by Gasteiger charge is -1.86. The van der Waals surface area contributed by atoms with Crippen LogP contribution in [0.3, 0.4) is 0 Å². The first-order valence-electron chi connectivity index (χ1n) is 4.49. The lowest BCUT2D eigenvalue weighted by atomic mass is 10.5. The third kappa shape index (κ3) is 1.19. The predicted octanol–water partition coefficient (Wildman–Crippen LogP) is -0.0444. The largest absolute Gasteiger partial charge is 0.327 e. The van der Waals surface area contributed by atoms with E-state index in [1.807, 2.05) is 25.0 Å². The second-order valence-electron chi connectivity index (χ2n) is 3.53. The summed E-state index contributed by atoms with van der Waals surface area (Å²) in [4.78, 5) is 11.7. The Morgan fingerprint density at radius 3 is 2.86 bits per heavy atom. The third-order valence-corrected chi connectivity index (χ3v) is 2.12. The van der Waals surface area contributed by atoms with E-state index in [4.69, 9.17) is 0 Å². The minimum atomic E-state index is 0.812. The van der Waals surface area contributed by atoms with Gasteiger partial charge in [-0.15, -0.1) is 4.98 Å². The molecule has 0 amide bonds. The Labute approximate surface area is 81.3 Å². The van der Waals surface area contributed by atoms with Gasteiger partial charge in [0.25, 0.3) is 0 Å². The molecule has 2 aliphatic rings. The number of nitrogens with one attached hydrogen (secondary N) is 1. The summed E-state index contributed by atoms with van der Waals surface area (Å²) in [5.41, 5.74) is 2.01. The molecule has 4 heteroatoms. The SMILES string of the molecule is C=c1[nH]c(C)nc2[n+](=C(C)C)cnc1=2. The second-order valence-corrected chi connectivity index (χ2v) is 3.53. The molecule has 0 atom stereocenters. The van der Waals surface area contributed by atoms with Crippen LogP contribution in [0, 0.1) is 23.5 Å². The first kappa shape index (κ1) is 8.87. The lowest BCUT2D eigenvalue weighted by molar-refractivity contribution is -0.536. The van der Waals surface area contributed by atoms with Gasteiger partial charge in [0, 0.05) is 6.92 Å². The Balaban J connectivity index is 3.19. The van der Waals surface area contributed by atoms with Gasteiger partial charge in [-0.1, -0.05) is 11.6 Å². The summed E-state index contributed by atoms with van der Waals surface area (Å²) in [5, 5.41) is 1.64. The van der Waals surface area contributed by atoms with Gasteiger partial charge in [0.1, 0.15) is 0 Å². The van der Waals surface area contributed by atoms with Crippen molar-refractivity contribution in [2.24, 2.45) is 0 Å². The van der Waals surface area contributed by atoms with E-state index in [-0.39, 0.29) is 0 Å². The molecule has 2 heterocycles. The minimum absolute atomic E-state index is 0.812. The fraction of sp³-hybridized carbons (Fsp3) is 0.300. The summed E-state index contributed by atoms with van der Waals surface area (Å²) in [6.45, 7) is 9.87. The van der Waals surface area contributed by atoms with E-state index >= 15 is 0 Å². The van der Waals surface area contributed by atoms with Crippen LogP contribution in [0.1, 0.15) is 19.7 Å². The minimum Gasteiger partial charge on any atom is -0.327 e. The molecule has 0 aromatic rings. The summed E-state index contributed by atoms with van der Waals surface area (Å²) in [6, 6.07) is 0. The van der Waals surface area contributed by atoms with Crippen molar-refractivity contribution < 1.29 is 4.24 Å². The maximum atomic E-state index is 4.40. The number of aromatic nitrogens is 4. The van der Waals surface area contributed by atoms with Gasteiger partial charge in [0.15, 0.2) is 5.82 Å². The molecule has 0 saturated carbocycles. The van der Waals surface area contributed by atoms with Gasteiger partial charge in [-0.05, 0) is 13.8 Å². The Kier molecular flexibility index (Phi) is 1.84. The Morgan fingerprint density at radius 2 is 2.21 bits per heavy atom. The molecule has 0 aromatic heterocycles. The molecule has 0 bridgehead atoms. The molecule has 0 aromatic carbocycles. The van der Waals surface area contributed by atoms with Crippen LogP contribution in [0.15, 0.2) is 6.33 Å². The zero-order valence-electron chi connectivity index (χ0n) is 8.63. The first-order chi connectivity index (χ1) is 6.59. The van der Waals surface area contributed by atoms with E-state index in [0.29, 0.717) is 0 Å². The van der Waals surface area contributed by atoms with Crippen molar-refractivity contribution >= 4 is 6.58 Å². The van der Waals surface area contributed by atoms with Crippen LogP contribution in [0.4, 0.5) is 0 Å². The number of hydrogen-bond donors (Lipinski definition) is 1. The molecular formula is C10H13N4+. The monoisotopic (exact) mass is 189 g/mol. The van der Waals surface area contributed by atoms with E-state index < -0.39 is 0 Å². The first-order valence-corrected chi connectivity index (χ1v) is 4.49. The number of rotatable bonds is 0. The van der Waals surface area contributed by atoms with Crippen molar-refractivity contribution in [2.75, 3.05) is 0 Å². The highest BCUT2D eigenvalue weighted by Crippen LogP contribution is 1.84. The van der Waals surface area contributed by atoms with Crippen molar-refractivity contribution in [3.63, 3.8) is 0 Å². The van der Waals surface area contributed by atoms with Crippen molar-refractivity contribution in [1.82, 2.24) is 15.0 Å². The molecule has 0 fully saturated rings. The predicted molar refractivity (Wildman–Crippen MR) is 51.8 cm³/mol. The van der Waals surface area contributed by atoms with Crippen molar-refractivity contribution in [3.8, 4) is 0 Å². The van der Waals surface area contributed by atoms with E-state index in [1.54, 1.807) is 6.33 Å². The van der Waals surface area contributed by atoms with Crippen molar-refractivity contribution in [2.45, 2.75) is 20.8 Å². The zero-order valence-corrected chi connectivity index (χ0v) is 8.63. The summed E-state index contributed by atoms with van der Waals surface area (Å²) < 4.78 is 1.96. The standard InChI is InChI=1S/C10H13N4/c1-6(2)14-5-11-9-7(3)12-8(4)13-10(9)14/h5H,3H2,1-2,4H3,(H,12,13)/q+1. The maximum absolute atomic E-state index is 4.40. The summed E-state index contributed by atoms with van der Waals surface area (Å²) >= 11 is 0. The van der Waals surface area contributed by atoms with Crippen LogP contribution in [0.5, 0.6) is 0 Å². The molecule has 0 radical (unpaired) electrons. The second kappa shape index (κ2) is 2.90. The Bertz CT molecular complexity index is 634. The van der Waals surface area contributed by atoms with E-state index in [2.05, 4.69) is 21.5 Å². The van der Waals surface area contributed by atoms with Crippen molar-refractivity contribution in [3.05, 3.63) is 34.0 Å². The van der Waals surface area contributed by atoms with Crippen LogP contribution in [-0.2, 0) is 0 Å². The molecule has 0 unspecified atom stereocenters. The molecule has 2 aliphatic heterocycles. The lowest BCUT2D eigenvalue weighted by Crippen LogP contribution is -2.22. The van der Waals surface area contributed by atoms with Gasteiger partial charge in [-0.2, -0.15) is 0 Å².